The first-order valence-electron chi connectivity index (χ1n) is 8.19. The van der Waals surface area contributed by atoms with Crippen LogP contribution in [0.25, 0.3) is 0 Å². The van der Waals surface area contributed by atoms with Crippen LogP contribution in [0.3, 0.4) is 0 Å². The van der Waals surface area contributed by atoms with Crippen LogP contribution in [-0.4, -0.2) is 66.3 Å². The fourth-order valence-corrected chi connectivity index (χ4v) is 4.27. The zero-order chi connectivity index (χ0) is 15.4. The predicted molar refractivity (Wildman–Crippen MR) is 98.4 cm³/mol. The van der Waals surface area contributed by atoms with Crippen molar-refractivity contribution in [1.29, 1.82) is 0 Å². The third-order valence-corrected chi connectivity index (χ3v) is 5.65. The Morgan fingerprint density at radius 2 is 1.91 bits per heavy atom. The smallest absolute Gasteiger partial charge is 0.235 e. The maximum atomic E-state index is 12.7. The Kier molecular flexibility index (Phi) is 7.21. The van der Waals surface area contributed by atoms with Gasteiger partial charge in [0, 0.05) is 50.2 Å². The lowest BCUT2D eigenvalue weighted by Gasteiger charge is -2.32. The lowest BCUT2D eigenvalue weighted by atomic mass is 10.2. The highest BCUT2D eigenvalue weighted by atomic mass is 35.5. The average molecular weight is 356 g/mol. The van der Waals surface area contributed by atoms with Crippen molar-refractivity contribution in [1.82, 2.24) is 15.1 Å². The molecular weight excluding hydrogens is 330 g/mol. The van der Waals surface area contributed by atoms with E-state index >= 15 is 0 Å². The third kappa shape index (κ3) is 4.86. The molecule has 0 aliphatic carbocycles. The number of likely N-dealkylation sites (tertiary alicyclic amines) is 1. The average Bonchev–Trinajstić information content (AvgIpc) is 3.06. The van der Waals surface area contributed by atoms with E-state index in [0.29, 0.717) is 6.04 Å². The summed E-state index contributed by atoms with van der Waals surface area (Å²) in [6.45, 7) is 8.21. The fourth-order valence-electron chi connectivity index (χ4n) is 3.30. The van der Waals surface area contributed by atoms with Crippen LogP contribution in [-0.2, 0) is 4.79 Å². The van der Waals surface area contributed by atoms with Crippen LogP contribution in [0.2, 0.25) is 0 Å². The molecule has 3 rings (SSSR count). The summed E-state index contributed by atoms with van der Waals surface area (Å²) in [5.41, 5.74) is 0. The van der Waals surface area contributed by atoms with Gasteiger partial charge in [0.05, 0.1) is 5.25 Å². The van der Waals surface area contributed by atoms with E-state index in [2.05, 4.69) is 27.2 Å². The summed E-state index contributed by atoms with van der Waals surface area (Å²) in [5, 5.41) is 3.38. The van der Waals surface area contributed by atoms with Gasteiger partial charge in [-0.05, 0) is 25.5 Å². The number of hydrogen-bond acceptors (Lipinski definition) is 4. The topological polar surface area (TPSA) is 35.6 Å². The van der Waals surface area contributed by atoms with Gasteiger partial charge in [-0.2, -0.15) is 0 Å². The zero-order valence-corrected chi connectivity index (χ0v) is 15.2. The second-order valence-electron chi connectivity index (χ2n) is 6.09. The van der Waals surface area contributed by atoms with Gasteiger partial charge in [-0.1, -0.05) is 18.2 Å². The number of benzene rings is 1. The number of hydrogen-bond donors (Lipinski definition) is 1. The van der Waals surface area contributed by atoms with Crippen LogP contribution >= 0.6 is 24.2 Å². The molecule has 0 aromatic heterocycles. The van der Waals surface area contributed by atoms with E-state index in [1.54, 1.807) is 11.8 Å². The summed E-state index contributed by atoms with van der Waals surface area (Å²) in [5.74, 6) is 0.284. The number of nitrogens with one attached hydrogen (secondary N) is 1. The van der Waals surface area contributed by atoms with E-state index in [4.69, 9.17) is 0 Å². The Morgan fingerprint density at radius 3 is 2.61 bits per heavy atom. The van der Waals surface area contributed by atoms with Crippen LogP contribution in [0.1, 0.15) is 13.3 Å². The zero-order valence-electron chi connectivity index (χ0n) is 13.6. The van der Waals surface area contributed by atoms with Gasteiger partial charge in [-0.15, -0.1) is 24.2 Å². The van der Waals surface area contributed by atoms with Crippen molar-refractivity contribution < 1.29 is 4.79 Å². The van der Waals surface area contributed by atoms with Crippen molar-refractivity contribution in [2.45, 2.75) is 29.5 Å². The predicted octanol–water partition coefficient (Wildman–Crippen LogP) is 2.10. The number of halogens is 1. The molecule has 4 nitrogen and oxygen atoms in total. The Balaban J connectivity index is 0.00000192. The van der Waals surface area contributed by atoms with Crippen LogP contribution in [0.15, 0.2) is 35.2 Å². The standard InChI is InChI=1S/C17H25N3OS.ClH/c1-14(22-16-5-3-2-4-6-16)17(21)20-10-7-15(13-20)19-11-8-18-9-12-19;/h2-6,14-15,18H,7-13H2,1H3;1H. The molecule has 0 saturated carbocycles. The SMILES string of the molecule is CC(Sc1ccccc1)C(=O)N1CCC(N2CCNCC2)C1.Cl. The highest BCUT2D eigenvalue weighted by molar-refractivity contribution is 8.00. The maximum absolute atomic E-state index is 12.7. The molecule has 2 aliphatic rings. The number of carbonyl (C=O) groups excluding carboxylic acids is 1. The van der Waals surface area contributed by atoms with E-state index in [9.17, 15) is 4.79 Å². The Morgan fingerprint density at radius 1 is 1.22 bits per heavy atom. The first-order chi connectivity index (χ1) is 10.7. The van der Waals surface area contributed by atoms with E-state index < -0.39 is 0 Å². The highest BCUT2D eigenvalue weighted by Crippen LogP contribution is 2.26. The molecule has 0 spiro atoms. The minimum absolute atomic E-state index is 0. The molecule has 2 atom stereocenters. The number of nitrogens with zero attached hydrogens (tertiary/aromatic N) is 2. The molecule has 0 radical (unpaired) electrons. The second-order valence-corrected chi connectivity index (χ2v) is 7.50. The van der Waals surface area contributed by atoms with E-state index in [-0.39, 0.29) is 23.6 Å². The molecule has 2 heterocycles. The monoisotopic (exact) mass is 355 g/mol. The molecule has 128 valence electrons. The van der Waals surface area contributed by atoms with Crippen LogP contribution in [0.4, 0.5) is 0 Å². The largest absolute Gasteiger partial charge is 0.340 e. The summed E-state index contributed by atoms with van der Waals surface area (Å²) in [6.07, 6.45) is 1.12. The third-order valence-electron chi connectivity index (χ3n) is 4.55. The Bertz CT molecular complexity index is 496. The van der Waals surface area contributed by atoms with Crippen molar-refractivity contribution >= 4 is 30.1 Å². The Labute approximate surface area is 149 Å². The van der Waals surface area contributed by atoms with Crippen molar-refractivity contribution in [3.63, 3.8) is 0 Å². The van der Waals surface area contributed by atoms with Crippen molar-refractivity contribution in [3.05, 3.63) is 30.3 Å². The van der Waals surface area contributed by atoms with Crippen LogP contribution in [0, 0.1) is 0 Å². The summed E-state index contributed by atoms with van der Waals surface area (Å²) >= 11 is 1.66. The van der Waals surface area contributed by atoms with Gasteiger partial charge in [-0.25, -0.2) is 0 Å². The molecule has 1 amide bonds. The van der Waals surface area contributed by atoms with Crippen molar-refractivity contribution in [2.24, 2.45) is 0 Å². The minimum Gasteiger partial charge on any atom is -0.340 e. The Hall–Kier alpha value is -0.750. The highest BCUT2D eigenvalue weighted by Gasteiger charge is 2.32. The van der Waals surface area contributed by atoms with Crippen molar-refractivity contribution in [3.8, 4) is 0 Å². The molecule has 6 heteroatoms. The van der Waals surface area contributed by atoms with Gasteiger partial charge < -0.3 is 10.2 Å². The molecule has 23 heavy (non-hydrogen) atoms. The summed E-state index contributed by atoms with van der Waals surface area (Å²) in [6, 6.07) is 10.8. The normalized spacial score (nSPS) is 23.3. The number of carbonyl (C=O) groups is 1. The van der Waals surface area contributed by atoms with Crippen LogP contribution < -0.4 is 5.32 Å². The number of piperazine rings is 1. The second kappa shape index (κ2) is 8.92. The first kappa shape index (κ1) is 18.6. The summed E-state index contributed by atoms with van der Waals surface area (Å²) in [7, 11) is 0. The molecule has 1 N–H and O–H groups in total. The maximum Gasteiger partial charge on any atom is 0.235 e. The molecule has 1 aromatic rings. The van der Waals surface area contributed by atoms with E-state index in [1.807, 2.05) is 25.1 Å². The molecular formula is C17H26ClN3OS. The van der Waals surface area contributed by atoms with E-state index in [0.717, 1.165) is 45.7 Å². The fraction of sp³-hybridized carbons (Fsp3) is 0.588. The van der Waals surface area contributed by atoms with Gasteiger partial charge in [0.15, 0.2) is 0 Å². The number of rotatable bonds is 4. The molecule has 1 aromatic carbocycles. The minimum atomic E-state index is -0.0100. The number of thioether (sulfide) groups is 1. The van der Waals surface area contributed by atoms with E-state index in [1.165, 1.54) is 4.90 Å². The molecule has 0 bridgehead atoms. The lowest BCUT2D eigenvalue weighted by Crippen LogP contribution is -2.49. The quantitative estimate of drug-likeness (QED) is 0.839. The first-order valence-corrected chi connectivity index (χ1v) is 9.07. The van der Waals surface area contributed by atoms with Gasteiger partial charge in [0.2, 0.25) is 5.91 Å². The van der Waals surface area contributed by atoms with Gasteiger partial charge in [0.1, 0.15) is 0 Å². The lowest BCUT2D eigenvalue weighted by molar-refractivity contribution is -0.129. The summed E-state index contributed by atoms with van der Waals surface area (Å²) < 4.78 is 0. The molecule has 2 saturated heterocycles. The van der Waals surface area contributed by atoms with Gasteiger partial charge in [0.25, 0.3) is 0 Å². The van der Waals surface area contributed by atoms with Gasteiger partial charge >= 0.3 is 0 Å². The van der Waals surface area contributed by atoms with Crippen LogP contribution in [0.5, 0.6) is 0 Å². The molecule has 2 fully saturated rings. The number of amides is 1. The van der Waals surface area contributed by atoms with Crippen molar-refractivity contribution in [2.75, 3.05) is 39.3 Å². The molecule has 2 aliphatic heterocycles. The van der Waals surface area contributed by atoms with Gasteiger partial charge in [-0.3, -0.25) is 9.69 Å². The summed E-state index contributed by atoms with van der Waals surface area (Å²) in [4.78, 5) is 18.4. The molecule has 2 unspecified atom stereocenters.